The zero-order chi connectivity index (χ0) is 12.1. The molecule has 5 nitrogen and oxygen atoms in total. The third-order valence-corrected chi connectivity index (χ3v) is 2.82. The summed E-state index contributed by atoms with van der Waals surface area (Å²) >= 11 is 0. The van der Waals surface area contributed by atoms with Crippen molar-refractivity contribution in [1.29, 1.82) is 0 Å². The van der Waals surface area contributed by atoms with Crippen molar-refractivity contribution in [2.45, 2.75) is 25.6 Å². The molecule has 0 radical (unpaired) electrons. The van der Waals surface area contributed by atoms with E-state index in [0.29, 0.717) is 0 Å². The summed E-state index contributed by atoms with van der Waals surface area (Å²) in [5.41, 5.74) is 6.73. The molecule has 1 heterocycles. The normalized spacial score (nSPS) is 23.9. The predicted molar refractivity (Wildman–Crippen MR) is 66.2 cm³/mol. The monoisotopic (exact) mass is 234 g/mol. The highest BCUT2D eigenvalue weighted by atomic mass is 16.2. The Morgan fingerprint density at radius 1 is 1.29 bits per heavy atom. The molecule has 0 spiro atoms. The van der Waals surface area contributed by atoms with Gasteiger partial charge in [-0.05, 0) is 18.9 Å². The summed E-state index contributed by atoms with van der Waals surface area (Å²) in [6.07, 6.45) is 0.917. The lowest BCUT2D eigenvalue weighted by atomic mass is 10.1. The van der Waals surface area contributed by atoms with E-state index < -0.39 is 0 Å². The van der Waals surface area contributed by atoms with E-state index in [0.717, 1.165) is 13.0 Å². The van der Waals surface area contributed by atoms with E-state index in [1.54, 1.807) is 0 Å². The molecule has 1 saturated heterocycles. The Bertz CT molecular complexity index is 368. The van der Waals surface area contributed by atoms with Gasteiger partial charge in [0.05, 0.1) is 12.2 Å². The molecule has 0 bridgehead atoms. The summed E-state index contributed by atoms with van der Waals surface area (Å²) < 4.78 is 0. The Balaban J connectivity index is 1.76. The molecular weight excluding hydrogens is 216 g/mol. The number of amides is 2. The molecule has 0 saturated carbocycles. The van der Waals surface area contributed by atoms with Crippen LogP contribution in [0.3, 0.4) is 0 Å². The number of carbonyl (C=O) groups is 1. The van der Waals surface area contributed by atoms with Gasteiger partial charge in [-0.25, -0.2) is 10.2 Å². The fourth-order valence-corrected chi connectivity index (χ4v) is 1.81. The first-order valence-electron chi connectivity index (χ1n) is 5.85. The predicted octanol–water partition coefficient (Wildman–Crippen LogP) is 0.351. The maximum Gasteiger partial charge on any atom is 0.330 e. The minimum atomic E-state index is -0.194. The molecule has 1 aliphatic heterocycles. The lowest BCUT2D eigenvalue weighted by Gasteiger charge is -2.31. The highest BCUT2D eigenvalue weighted by Gasteiger charge is 2.23. The molecule has 0 aliphatic carbocycles. The maximum absolute atomic E-state index is 11.1. The van der Waals surface area contributed by atoms with Gasteiger partial charge in [0, 0.05) is 6.54 Å². The lowest BCUT2D eigenvalue weighted by molar-refractivity contribution is 0.201. The molecule has 2 rings (SSSR count). The number of hydrogen-bond acceptors (Lipinski definition) is 3. The molecule has 4 N–H and O–H groups in total. The molecule has 17 heavy (non-hydrogen) atoms. The van der Waals surface area contributed by atoms with Gasteiger partial charge >= 0.3 is 6.03 Å². The summed E-state index contributed by atoms with van der Waals surface area (Å²) in [5.74, 6) is 0. The summed E-state index contributed by atoms with van der Waals surface area (Å²) in [7, 11) is 0. The first-order valence-corrected chi connectivity index (χ1v) is 5.85. The highest BCUT2D eigenvalue weighted by molar-refractivity contribution is 5.74. The number of benzene rings is 1. The van der Waals surface area contributed by atoms with Crippen LogP contribution in [-0.4, -0.2) is 24.8 Å². The second-order valence-corrected chi connectivity index (χ2v) is 4.20. The van der Waals surface area contributed by atoms with Crippen molar-refractivity contribution in [2.75, 3.05) is 6.54 Å². The van der Waals surface area contributed by atoms with Crippen LogP contribution in [0.25, 0.3) is 0 Å². The number of hydrogen-bond donors (Lipinski definition) is 4. The fourth-order valence-electron chi connectivity index (χ4n) is 1.81. The zero-order valence-corrected chi connectivity index (χ0v) is 9.86. The molecule has 1 aliphatic rings. The molecule has 1 aromatic carbocycles. The Morgan fingerprint density at radius 3 is 2.82 bits per heavy atom. The quantitative estimate of drug-likeness (QED) is 0.608. The zero-order valence-electron chi connectivity index (χ0n) is 9.86. The second kappa shape index (κ2) is 5.65. The van der Waals surface area contributed by atoms with Crippen LogP contribution in [0.1, 0.15) is 12.5 Å². The summed E-state index contributed by atoms with van der Waals surface area (Å²) in [4.78, 5) is 11.1. The number of nitrogens with one attached hydrogen (secondary N) is 4. The van der Waals surface area contributed by atoms with Gasteiger partial charge in [-0.1, -0.05) is 30.3 Å². The molecule has 1 fully saturated rings. The van der Waals surface area contributed by atoms with E-state index in [-0.39, 0.29) is 18.2 Å². The largest absolute Gasteiger partial charge is 0.330 e. The number of rotatable bonds is 4. The number of carbonyl (C=O) groups excluding carboxylic acids is 1. The van der Waals surface area contributed by atoms with Crippen molar-refractivity contribution in [1.82, 2.24) is 21.5 Å². The molecule has 0 aromatic heterocycles. The maximum atomic E-state index is 11.1. The Kier molecular flexibility index (Phi) is 3.95. The van der Waals surface area contributed by atoms with E-state index in [4.69, 9.17) is 0 Å². The Hall–Kier alpha value is -1.59. The average molecular weight is 234 g/mol. The van der Waals surface area contributed by atoms with Crippen LogP contribution in [0.4, 0.5) is 4.79 Å². The van der Waals surface area contributed by atoms with Crippen molar-refractivity contribution < 1.29 is 4.79 Å². The lowest BCUT2D eigenvalue weighted by Crippen LogP contribution is -2.68. The summed E-state index contributed by atoms with van der Waals surface area (Å²) in [6.45, 7) is 2.84. The van der Waals surface area contributed by atoms with Crippen LogP contribution in [0.2, 0.25) is 0 Å². The van der Waals surface area contributed by atoms with Crippen LogP contribution in [0.5, 0.6) is 0 Å². The molecule has 2 atom stereocenters. The van der Waals surface area contributed by atoms with E-state index in [1.165, 1.54) is 5.56 Å². The minimum Gasteiger partial charge on any atom is -0.320 e. The molecule has 1 aromatic rings. The van der Waals surface area contributed by atoms with E-state index in [2.05, 4.69) is 33.6 Å². The number of hydrazine groups is 1. The van der Waals surface area contributed by atoms with Crippen LogP contribution in [0, 0.1) is 0 Å². The van der Waals surface area contributed by atoms with Gasteiger partial charge in [0.2, 0.25) is 0 Å². The smallest absolute Gasteiger partial charge is 0.320 e. The van der Waals surface area contributed by atoms with Crippen LogP contribution in [0.15, 0.2) is 30.3 Å². The van der Waals surface area contributed by atoms with Crippen molar-refractivity contribution in [3.05, 3.63) is 35.9 Å². The van der Waals surface area contributed by atoms with Gasteiger partial charge in [-0.3, -0.25) is 10.7 Å². The molecule has 92 valence electrons. The molecule has 2 amide bonds. The van der Waals surface area contributed by atoms with Crippen LogP contribution in [-0.2, 0) is 6.42 Å². The van der Waals surface area contributed by atoms with Gasteiger partial charge in [0.25, 0.3) is 0 Å². The minimum absolute atomic E-state index is 0.0348. The first kappa shape index (κ1) is 11.9. The SMILES string of the molecule is CC1NNC(=O)NC1NCCc1ccccc1. The standard InChI is InChI=1S/C12H18N4O/c1-9-11(14-12(17)16-15-9)13-8-7-10-5-3-2-4-6-10/h2-6,9,11,13,15H,7-8H2,1H3,(H2,14,16,17). The van der Waals surface area contributed by atoms with Crippen molar-refractivity contribution >= 4 is 6.03 Å². The summed E-state index contributed by atoms with van der Waals surface area (Å²) in [6, 6.07) is 10.2. The molecule has 5 heteroatoms. The molecule has 2 unspecified atom stereocenters. The molecular formula is C12H18N4O. The Morgan fingerprint density at radius 2 is 2.06 bits per heavy atom. The third-order valence-electron chi connectivity index (χ3n) is 2.82. The highest BCUT2D eigenvalue weighted by Crippen LogP contribution is 1.99. The van der Waals surface area contributed by atoms with E-state index in [9.17, 15) is 4.79 Å². The second-order valence-electron chi connectivity index (χ2n) is 4.20. The van der Waals surface area contributed by atoms with E-state index >= 15 is 0 Å². The summed E-state index contributed by atoms with van der Waals surface area (Å²) in [5, 5.41) is 6.14. The van der Waals surface area contributed by atoms with Crippen molar-refractivity contribution in [2.24, 2.45) is 0 Å². The van der Waals surface area contributed by atoms with Crippen LogP contribution < -0.4 is 21.5 Å². The number of urea groups is 1. The average Bonchev–Trinajstić information content (AvgIpc) is 2.35. The first-order chi connectivity index (χ1) is 8.25. The topological polar surface area (TPSA) is 65.2 Å². The van der Waals surface area contributed by atoms with Gasteiger partial charge in [-0.15, -0.1) is 0 Å². The van der Waals surface area contributed by atoms with Gasteiger partial charge in [0.1, 0.15) is 0 Å². The fraction of sp³-hybridized carbons (Fsp3) is 0.417. The Labute approximate surface area is 101 Å². The van der Waals surface area contributed by atoms with Gasteiger partial charge in [0.15, 0.2) is 0 Å². The third kappa shape index (κ3) is 3.44. The van der Waals surface area contributed by atoms with Crippen LogP contribution >= 0.6 is 0 Å². The van der Waals surface area contributed by atoms with Crippen molar-refractivity contribution in [3.8, 4) is 0 Å². The van der Waals surface area contributed by atoms with Gasteiger partial charge in [-0.2, -0.15) is 0 Å². The van der Waals surface area contributed by atoms with E-state index in [1.807, 2.05) is 25.1 Å². The van der Waals surface area contributed by atoms with Crippen molar-refractivity contribution in [3.63, 3.8) is 0 Å². The van der Waals surface area contributed by atoms with Gasteiger partial charge < -0.3 is 5.32 Å².